The van der Waals surface area contributed by atoms with Crippen LogP contribution in [0.5, 0.6) is 0 Å². The van der Waals surface area contributed by atoms with Crippen molar-refractivity contribution in [3.63, 3.8) is 0 Å². The summed E-state index contributed by atoms with van der Waals surface area (Å²) in [5.74, 6) is -0.788. The van der Waals surface area contributed by atoms with Crippen molar-refractivity contribution in [2.75, 3.05) is 13.7 Å². The Balaban J connectivity index is 2.62. The normalized spacial score (nSPS) is 11.9. The molecule has 7 heteroatoms. The van der Waals surface area contributed by atoms with Crippen molar-refractivity contribution in [3.8, 4) is 0 Å². The van der Waals surface area contributed by atoms with Gasteiger partial charge in [0.1, 0.15) is 12.6 Å². The van der Waals surface area contributed by atoms with E-state index in [2.05, 4.69) is 15.2 Å². The number of esters is 1. The van der Waals surface area contributed by atoms with Crippen LogP contribution in [0.4, 0.5) is 0 Å². The molecular formula is C10H14ClN3O3. The van der Waals surface area contributed by atoms with Gasteiger partial charge in [0.2, 0.25) is 5.91 Å². The van der Waals surface area contributed by atoms with Crippen LogP contribution in [-0.4, -0.2) is 35.3 Å². The summed E-state index contributed by atoms with van der Waals surface area (Å²) in [5.41, 5.74) is 0. The van der Waals surface area contributed by atoms with E-state index in [1.165, 1.54) is 18.0 Å². The van der Waals surface area contributed by atoms with Crippen molar-refractivity contribution in [2.24, 2.45) is 0 Å². The first-order valence-electron chi connectivity index (χ1n) is 5.12. The van der Waals surface area contributed by atoms with E-state index in [0.717, 1.165) is 0 Å². The van der Waals surface area contributed by atoms with Crippen molar-refractivity contribution in [3.05, 3.63) is 17.4 Å². The summed E-state index contributed by atoms with van der Waals surface area (Å²) in [6, 6.07) is -0.479. The number of aromatic nitrogens is 2. The van der Waals surface area contributed by atoms with Gasteiger partial charge in [-0.25, -0.2) is 0 Å². The zero-order valence-electron chi connectivity index (χ0n) is 9.64. The minimum Gasteiger partial charge on any atom is -0.468 e. The molecule has 1 heterocycles. The highest BCUT2D eigenvalue weighted by Gasteiger charge is 2.19. The molecule has 0 fully saturated rings. The number of nitrogens with zero attached hydrogens (tertiary/aromatic N) is 2. The van der Waals surface area contributed by atoms with Gasteiger partial charge in [-0.05, 0) is 6.42 Å². The van der Waals surface area contributed by atoms with Gasteiger partial charge in [0, 0.05) is 6.20 Å². The lowest BCUT2D eigenvalue weighted by atomic mass is 10.2. The fraction of sp³-hybridized carbons (Fsp3) is 0.500. The summed E-state index contributed by atoms with van der Waals surface area (Å²) >= 11 is 5.73. The third-order valence-corrected chi connectivity index (χ3v) is 2.41. The molecule has 1 aromatic rings. The maximum atomic E-state index is 11.8. The Morgan fingerprint density at radius 3 is 2.82 bits per heavy atom. The van der Waals surface area contributed by atoms with E-state index in [-0.39, 0.29) is 12.5 Å². The quantitative estimate of drug-likeness (QED) is 0.793. The van der Waals surface area contributed by atoms with Crippen LogP contribution in [0.3, 0.4) is 0 Å². The predicted octanol–water partition coefficient (Wildman–Crippen LogP) is 0.777. The summed E-state index contributed by atoms with van der Waals surface area (Å²) < 4.78 is 5.89. The number of amides is 1. The van der Waals surface area contributed by atoms with Gasteiger partial charge in [-0.3, -0.25) is 14.3 Å². The lowest BCUT2D eigenvalue weighted by Gasteiger charge is -2.14. The first-order chi connectivity index (χ1) is 8.08. The molecule has 1 aromatic heterocycles. The number of methoxy groups -OCH3 is 1. The molecule has 0 bridgehead atoms. The Morgan fingerprint density at radius 2 is 2.35 bits per heavy atom. The van der Waals surface area contributed by atoms with Gasteiger partial charge in [0.15, 0.2) is 0 Å². The Morgan fingerprint density at radius 1 is 1.65 bits per heavy atom. The molecule has 0 spiro atoms. The molecule has 1 amide bonds. The average Bonchev–Trinajstić information content (AvgIpc) is 2.73. The fourth-order valence-corrected chi connectivity index (χ4v) is 1.47. The lowest BCUT2D eigenvalue weighted by Crippen LogP contribution is -2.36. The van der Waals surface area contributed by atoms with Crippen molar-refractivity contribution >= 4 is 23.5 Å². The highest BCUT2D eigenvalue weighted by molar-refractivity contribution is 6.30. The topological polar surface area (TPSA) is 73.2 Å². The predicted molar refractivity (Wildman–Crippen MR) is 61.6 cm³/mol. The molecule has 94 valence electrons. The molecule has 0 saturated carbocycles. The van der Waals surface area contributed by atoms with Gasteiger partial charge in [-0.2, -0.15) is 5.10 Å². The van der Waals surface area contributed by atoms with Gasteiger partial charge in [-0.1, -0.05) is 18.5 Å². The number of carbonyl (C=O) groups is 2. The van der Waals surface area contributed by atoms with E-state index in [0.29, 0.717) is 11.4 Å². The van der Waals surface area contributed by atoms with Crippen molar-refractivity contribution in [1.29, 1.82) is 0 Å². The van der Waals surface area contributed by atoms with Crippen LogP contribution >= 0.6 is 11.6 Å². The third kappa shape index (κ3) is 3.74. The molecule has 0 aliphatic carbocycles. The third-order valence-electron chi connectivity index (χ3n) is 2.21. The minimum atomic E-state index is -0.494. The summed E-state index contributed by atoms with van der Waals surface area (Å²) in [6.07, 6.45) is 3.57. The second-order valence-corrected chi connectivity index (χ2v) is 3.79. The molecule has 1 rings (SSSR count). The zero-order chi connectivity index (χ0) is 12.8. The average molecular weight is 260 g/mol. The van der Waals surface area contributed by atoms with Crippen LogP contribution in [0, 0.1) is 0 Å². The van der Waals surface area contributed by atoms with Gasteiger partial charge in [0.05, 0.1) is 18.3 Å². The second kappa shape index (κ2) is 6.24. The van der Waals surface area contributed by atoms with Gasteiger partial charge in [0.25, 0.3) is 0 Å². The standard InChI is InChI=1S/C10H14ClN3O3/c1-3-8(14-6-7(11)4-13-14)10(16)12-5-9(15)17-2/h4,6,8H,3,5H2,1-2H3,(H,12,16). The van der Waals surface area contributed by atoms with E-state index in [1.807, 2.05) is 6.92 Å². The summed E-state index contributed by atoms with van der Waals surface area (Å²) in [6.45, 7) is 1.69. The lowest BCUT2D eigenvalue weighted by molar-refractivity contribution is -0.141. The fourth-order valence-electron chi connectivity index (χ4n) is 1.33. The highest BCUT2D eigenvalue weighted by Crippen LogP contribution is 2.14. The van der Waals surface area contributed by atoms with Gasteiger partial charge >= 0.3 is 5.97 Å². The summed E-state index contributed by atoms with van der Waals surface area (Å²) in [5, 5.41) is 6.90. The minimum absolute atomic E-state index is 0.152. The molecule has 1 N–H and O–H groups in total. The van der Waals surface area contributed by atoms with Gasteiger partial charge in [-0.15, -0.1) is 0 Å². The van der Waals surface area contributed by atoms with Crippen LogP contribution in [0.2, 0.25) is 5.02 Å². The Bertz CT molecular complexity index is 405. The van der Waals surface area contributed by atoms with E-state index in [1.54, 1.807) is 6.20 Å². The van der Waals surface area contributed by atoms with E-state index in [4.69, 9.17) is 11.6 Å². The molecular weight excluding hydrogens is 246 g/mol. The molecule has 17 heavy (non-hydrogen) atoms. The molecule has 0 radical (unpaired) electrons. The molecule has 0 aromatic carbocycles. The van der Waals surface area contributed by atoms with Crippen LogP contribution < -0.4 is 5.32 Å². The highest BCUT2D eigenvalue weighted by atomic mass is 35.5. The zero-order valence-corrected chi connectivity index (χ0v) is 10.4. The number of ether oxygens (including phenoxy) is 1. The molecule has 6 nitrogen and oxygen atoms in total. The molecule has 0 aliphatic heterocycles. The SMILES string of the molecule is CCC(C(=O)NCC(=O)OC)n1cc(Cl)cn1. The largest absolute Gasteiger partial charge is 0.468 e. The smallest absolute Gasteiger partial charge is 0.325 e. The monoisotopic (exact) mass is 259 g/mol. The van der Waals surface area contributed by atoms with E-state index in [9.17, 15) is 9.59 Å². The number of halogens is 1. The summed E-state index contributed by atoms with van der Waals surface area (Å²) in [7, 11) is 1.26. The van der Waals surface area contributed by atoms with E-state index < -0.39 is 12.0 Å². The van der Waals surface area contributed by atoms with E-state index >= 15 is 0 Å². The van der Waals surface area contributed by atoms with Crippen LogP contribution in [-0.2, 0) is 14.3 Å². The molecule has 0 saturated heterocycles. The van der Waals surface area contributed by atoms with Crippen LogP contribution in [0.25, 0.3) is 0 Å². The first-order valence-corrected chi connectivity index (χ1v) is 5.50. The number of nitrogens with one attached hydrogen (secondary N) is 1. The molecule has 0 aliphatic rings. The maximum absolute atomic E-state index is 11.8. The number of hydrogen-bond acceptors (Lipinski definition) is 4. The Hall–Kier alpha value is -1.56. The Labute approximate surface area is 104 Å². The van der Waals surface area contributed by atoms with Crippen molar-refractivity contribution < 1.29 is 14.3 Å². The van der Waals surface area contributed by atoms with Crippen LogP contribution in [0.15, 0.2) is 12.4 Å². The van der Waals surface area contributed by atoms with Gasteiger partial charge < -0.3 is 10.1 Å². The second-order valence-electron chi connectivity index (χ2n) is 3.36. The summed E-state index contributed by atoms with van der Waals surface area (Å²) in [4.78, 5) is 22.7. The van der Waals surface area contributed by atoms with Crippen molar-refractivity contribution in [1.82, 2.24) is 15.1 Å². The first kappa shape index (κ1) is 13.5. The van der Waals surface area contributed by atoms with Crippen LogP contribution in [0.1, 0.15) is 19.4 Å². The molecule has 1 atom stereocenters. The Kier molecular flexibility index (Phi) is 4.96. The number of hydrogen-bond donors (Lipinski definition) is 1. The number of rotatable bonds is 5. The van der Waals surface area contributed by atoms with Crippen molar-refractivity contribution in [2.45, 2.75) is 19.4 Å². The molecule has 1 unspecified atom stereocenters. The maximum Gasteiger partial charge on any atom is 0.325 e. The number of carbonyl (C=O) groups excluding carboxylic acids is 2.